The largest absolute Gasteiger partial charge is 0.372 e. The summed E-state index contributed by atoms with van der Waals surface area (Å²) in [6.45, 7) is 1.95. The lowest BCUT2D eigenvalue weighted by Crippen LogP contribution is -2.43. The predicted octanol–water partition coefficient (Wildman–Crippen LogP) is 4.09. The number of nitrogens with zero attached hydrogens (tertiary/aromatic N) is 3. The minimum absolute atomic E-state index is 0.106. The van der Waals surface area contributed by atoms with Crippen LogP contribution in [0.3, 0.4) is 0 Å². The predicted molar refractivity (Wildman–Crippen MR) is 107 cm³/mol. The van der Waals surface area contributed by atoms with E-state index in [1.807, 2.05) is 25.1 Å². The molecule has 1 amide bonds. The van der Waals surface area contributed by atoms with E-state index in [9.17, 15) is 4.79 Å². The van der Waals surface area contributed by atoms with Gasteiger partial charge in [-0.2, -0.15) is 5.26 Å². The fourth-order valence-electron chi connectivity index (χ4n) is 3.49. The maximum absolute atomic E-state index is 12.3. The molecule has 0 bridgehead atoms. The molecule has 140 valence electrons. The van der Waals surface area contributed by atoms with E-state index >= 15 is 0 Å². The van der Waals surface area contributed by atoms with Gasteiger partial charge in [-0.25, -0.2) is 0 Å². The molecule has 27 heavy (non-hydrogen) atoms. The van der Waals surface area contributed by atoms with E-state index in [1.54, 1.807) is 18.3 Å². The Labute approximate surface area is 165 Å². The summed E-state index contributed by atoms with van der Waals surface area (Å²) in [6, 6.07) is 11.8. The lowest BCUT2D eigenvalue weighted by Gasteiger charge is -2.36. The zero-order valence-electron chi connectivity index (χ0n) is 15.6. The van der Waals surface area contributed by atoms with Crippen LogP contribution < -0.4 is 10.2 Å². The smallest absolute Gasteiger partial charge is 0.270 e. The van der Waals surface area contributed by atoms with E-state index in [0.717, 1.165) is 36.9 Å². The van der Waals surface area contributed by atoms with Gasteiger partial charge in [0.15, 0.2) is 0 Å². The van der Waals surface area contributed by atoms with Crippen molar-refractivity contribution in [2.45, 2.75) is 44.7 Å². The van der Waals surface area contributed by atoms with Crippen molar-refractivity contribution in [3.63, 3.8) is 0 Å². The summed E-state index contributed by atoms with van der Waals surface area (Å²) in [6.07, 6.45) is 5.54. The van der Waals surface area contributed by atoms with Crippen LogP contribution in [0.5, 0.6) is 0 Å². The van der Waals surface area contributed by atoms with Gasteiger partial charge >= 0.3 is 0 Å². The van der Waals surface area contributed by atoms with Crippen LogP contribution in [0.2, 0.25) is 5.02 Å². The molecule has 1 heterocycles. The van der Waals surface area contributed by atoms with Gasteiger partial charge in [-0.3, -0.25) is 9.78 Å². The van der Waals surface area contributed by atoms with Gasteiger partial charge in [-0.15, -0.1) is 0 Å². The van der Waals surface area contributed by atoms with Crippen LogP contribution in [-0.4, -0.2) is 30.0 Å². The Balaban J connectivity index is 1.55. The van der Waals surface area contributed by atoms with Crippen LogP contribution in [0.4, 0.5) is 5.69 Å². The molecule has 2 aromatic rings. The van der Waals surface area contributed by atoms with Crippen LogP contribution in [0, 0.1) is 18.3 Å². The molecule has 1 aliphatic rings. The molecule has 5 nitrogen and oxygen atoms in total. The lowest BCUT2D eigenvalue weighted by atomic mass is 9.90. The van der Waals surface area contributed by atoms with E-state index in [0.29, 0.717) is 22.3 Å². The Morgan fingerprint density at radius 3 is 2.59 bits per heavy atom. The molecular weight excluding hydrogens is 360 g/mol. The number of nitriles is 1. The Morgan fingerprint density at radius 2 is 2.00 bits per heavy atom. The molecule has 1 N–H and O–H groups in total. The molecule has 1 saturated carbocycles. The van der Waals surface area contributed by atoms with Gasteiger partial charge in [0.1, 0.15) is 11.8 Å². The normalized spacial score (nSPS) is 19.2. The molecule has 6 heteroatoms. The van der Waals surface area contributed by atoms with Crippen molar-refractivity contribution < 1.29 is 4.79 Å². The van der Waals surface area contributed by atoms with E-state index in [4.69, 9.17) is 16.9 Å². The van der Waals surface area contributed by atoms with Gasteiger partial charge in [-0.1, -0.05) is 17.7 Å². The topological polar surface area (TPSA) is 69.0 Å². The molecule has 0 radical (unpaired) electrons. The average molecular weight is 383 g/mol. The summed E-state index contributed by atoms with van der Waals surface area (Å²) in [5, 5.41) is 12.6. The average Bonchev–Trinajstić information content (AvgIpc) is 2.68. The Bertz CT molecular complexity index is 851. The Morgan fingerprint density at radius 1 is 1.26 bits per heavy atom. The summed E-state index contributed by atoms with van der Waals surface area (Å²) in [5.74, 6) is -0.106. The van der Waals surface area contributed by atoms with Crippen LogP contribution in [0.15, 0.2) is 36.5 Å². The number of rotatable bonds is 4. The highest BCUT2D eigenvalue weighted by Gasteiger charge is 2.26. The number of benzene rings is 1. The third-order valence-corrected chi connectivity index (χ3v) is 5.52. The third kappa shape index (κ3) is 4.58. The fraction of sp³-hybridized carbons (Fsp3) is 0.381. The van der Waals surface area contributed by atoms with Gasteiger partial charge in [0.05, 0.1) is 10.6 Å². The minimum Gasteiger partial charge on any atom is -0.372 e. The number of halogens is 1. The molecule has 0 saturated heterocycles. The van der Waals surface area contributed by atoms with E-state index < -0.39 is 0 Å². The second kappa shape index (κ2) is 8.41. The second-order valence-electron chi connectivity index (χ2n) is 7.09. The monoisotopic (exact) mass is 382 g/mol. The summed E-state index contributed by atoms with van der Waals surface area (Å²) >= 11 is 6.16. The van der Waals surface area contributed by atoms with E-state index in [2.05, 4.69) is 28.3 Å². The Hall–Kier alpha value is -2.58. The van der Waals surface area contributed by atoms with Crippen molar-refractivity contribution in [3.8, 4) is 6.07 Å². The molecule has 1 aliphatic carbocycles. The number of carbonyl (C=O) groups excluding carboxylic acids is 1. The van der Waals surface area contributed by atoms with Crippen LogP contribution in [0.25, 0.3) is 0 Å². The fourth-order valence-corrected chi connectivity index (χ4v) is 3.71. The quantitative estimate of drug-likeness (QED) is 0.864. The summed E-state index contributed by atoms with van der Waals surface area (Å²) < 4.78 is 0. The Kier molecular flexibility index (Phi) is 5.98. The van der Waals surface area contributed by atoms with Crippen molar-refractivity contribution in [2.75, 3.05) is 11.9 Å². The maximum atomic E-state index is 12.3. The summed E-state index contributed by atoms with van der Waals surface area (Å²) in [4.78, 5) is 18.7. The molecule has 0 aliphatic heterocycles. The first-order valence-electron chi connectivity index (χ1n) is 9.14. The van der Waals surface area contributed by atoms with E-state index in [1.165, 1.54) is 0 Å². The van der Waals surface area contributed by atoms with Crippen molar-refractivity contribution in [2.24, 2.45) is 0 Å². The first kappa shape index (κ1) is 19.2. The molecule has 1 fully saturated rings. The molecular formula is C21H23ClN4O. The number of carbonyl (C=O) groups is 1. The molecule has 0 spiro atoms. The highest BCUT2D eigenvalue weighted by molar-refractivity contribution is 6.32. The first-order valence-corrected chi connectivity index (χ1v) is 9.51. The maximum Gasteiger partial charge on any atom is 0.270 e. The zero-order chi connectivity index (χ0) is 19.4. The van der Waals surface area contributed by atoms with Crippen molar-refractivity contribution in [3.05, 3.63) is 58.4 Å². The summed E-state index contributed by atoms with van der Waals surface area (Å²) in [7, 11) is 2.05. The number of amides is 1. The van der Waals surface area contributed by atoms with Gasteiger partial charge in [0.2, 0.25) is 0 Å². The van der Waals surface area contributed by atoms with Gasteiger partial charge < -0.3 is 10.2 Å². The SMILES string of the molecule is Cc1ccc(C(=O)NC2CCC(N(C)c3ccc(C#N)c(Cl)c3)CC2)nc1. The lowest BCUT2D eigenvalue weighted by molar-refractivity contribution is 0.0920. The standard InChI is InChI=1S/C21H23ClN4O/c1-14-3-10-20(24-13-14)21(27)25-16-5-8-17(9-6-16)26(2)18-7-4-15(12-23)19(22)11-18/h3-4,7,10-11,13,16-17H,5-6,8-9H2,1-2H3,(H,25,27). The van der Waals surface area contributed by atoms with Crippen molar-refractivity contribution in [1.82, 2.24) is 10.3 Å². The summed E-state index contributed by atoms with van der Waals surface area (Å²) in [5.41, 5.74) is 3.00. The third-order valence-electron chi connectivity index (χ3n) is 5.20. The number of hydrogen-bond acceptors (Lipinski definition) is 4. The van der Waals surface area contributed by atoms with Crippen LogP contribution in [-0.2, 0) is 0 Å². The van der Waals surface area contributed by atoms with Crippen LogP contribution in [0.1, 0.15) is 47.3 Å². The van der Waals surface area contributed by atoms with Gasteiger partial charge in [-0.05, 0) is 62.4 Å². The zero-order valence-corrected chi connectivity index (χ0v) is 16.3. The first-order chi connectivity index (χ1) is 13.0. The number of anilines is 1. The van der Waals surface area contributed by atoms with Gasteiger partial charge in [0.25, 0.3) is 5.91 Å². The van der Waals surface area contributed by atoms with Gasteiger partial charge in [0, 0.05) is 31.0 Å². The highest BCUT2D eigenvalue weighted by Crippen LogP contribution is 2.29. The van der Waals surface area contributed by atoms with E-state index in [-0.39, 0.29) is 11.9 Å². The van der Waals surface area contributed by atoms with Crippen molar-refractivity contribution >= 4 is 23.2 Å². The minimum atomic E-state index is -0.106. The number of aromatic nitrogens is 1. The number of nitrogens with one attached hydrogen (secondary N) is 1. The number of aryl methyl sites for hydroxylation is 1. The highest BCUT2D eigenvalue weighted by atomic mass is 35.5. The molecule has 3 rings (SSSR count). The number of hydrogen-bond donors (Lipinski definition) is 1. The van der Waals surface area contributed by atoms with Crippen molar-refractivity contribution in [1.29, 1.82) is 5.26 Å². The molecule has 0 unspecified atom stereocenters. The van der Waals surface area contributed by atoms with Crippen LogP contribution >= 0.6 is 11.6 Å². The number of pyridine rings is 1. The molecule has 0 atom stereocenters. The molecule has 1 aromatic heterocycles. The molecule has 1 aromatic carbocycles. The second-order valence-corrected chi connectivity index (χ2v) is 7.49.